The van der Waals surface area contributed by atoms with E-state index in [2.05, 4.69) is 5.32 Å². The number of aliphatic hydroxyl groups excluding tert-OH is 1. The minimum absolute atomic E-state index is 0.0449. The minimum Gasteiger partial charge on any atom is -0.466 e. The van der Waals surface area contributed by atoms with Gasteiger partial charge in [0.2, 0.25) is 0 Å². The predicted octanol–water partition coefficient (Wildman–Crippen LogP) is 1.79. The number of carbonyl (C=O) groups excluding carboxylic acids is 1. The van der Waals surface area contributed by atoms with Crippen LogP contribution in [-0.2, 0) is 9.53 Å². The van der Waals surface area contributed by atoms with Gasteiger partial charge < -0.3 is 15.2 Å². The van der Waals surface area contributed by atoms with Gasteiger partial charge in [0.1, 0.15) is 5.82 Å². The van der Waals surface area contributed by atoms with Crippen molar-refractivity contribution in [3.8, 4) is 0 Å². The summed E-state index contributed by atoms with van der Waals surface area (Å²) in [7, 11) is 0. The topological polar surface area (TPSA) is 58.6 Å². The summed E-state index contributed by atoms with van der Waals surface area (Å²) in [4.78, 5) is 11.2. The summed E-state index contributed by atoms with van der Waals surface area (Å²) in [5, 5.41) is 12.7. The van der Waals surface area contributed by atoms with Crippen LogP contribution in [-0.4, -0.2) is 30.3 Å². The van der Waals surface area contributed by atoms with Crippen molar-refractivity contribution in [1.29, 1.82) is 0 Å². The van der Waals surface area contributed by atoms with E-state index >= 15 is 0 Å². The Morgan fingerprint density at radius 2 is 2.26 bits per heavy atom. The average Bonchev–Trinajstić information content (AvgIpc) is 2.36. The second-order valence-electron chi connectivity index (χ2n) is 4.35. The molecule has 0 saturated heterocycles. The molecule has 5 heteroatoms. The van der Waals surface area contributed by atoms with E-state index in [9.17, 15) is 14.3 Å². The Labute approximate surface area is 112 Å². The number of hydrogen-bond acceptors (Lipinski definition) is 4. The third-order valence-corrected chi connectivity index (χ3v) is 2.72. The molecular formula is C14H20FNO3. The molecule has 1 aromatic carbocycles. The van der Waals surface area contributed by atoms with Crippen LogP contribution >= 0.6 is 0 Å². The molecule has 0 bridgehead atoms. The summed E-state index contributed by atoms with van der Waals surface area (Å²) in [5.41, 5.74) is 0.795. The second kappa shape index (κ2) is 7.86. The number of carbonyl (C=O) groups is 1. The third kappa shape index (κ3) is 5.81. The highest BCUT2D eigenvalue weighted by atomic mass is 19.1. The van der Waals surface area contributed by atoms with Crippen molar-refractivity contribution in [2.24, 2.45) is 0 Å². The quantitative estimate of drug-likeness (QED) is 0.741. The van der Waals surface area contributed by atoms with Crippen LogP contribution in [0, 0.1) is 5.82 Å². The molecule has 0 aliphatic heterocycles. The van der Waals surface area contributed by atoms with E-state index < -0.39 is 12.1 Å². The van der Waals surface area contributed by atoms with Gasteiger partial charge in [-0.3, -0.25) is 4.79 Å². The van der Waals surface area contributed by atoms with Gasteiger partial charge in [-0.2, -0.15) is 0 Å². The number of benzene rings is 1. The fourth-order valence-electron chi connectivity index (χ4n) is 1.69. The maximum Gasteiger partial charge on any atom is 0.308 e. The molecule has 4 nitrogen and oxygen atoms in total. The van der Waals surface area contributed by atoms with Gasteiger partial charge in [0.25, 0.3) is 0 Å². The fourth-order valence-corrected chi connectivity index (χ4v) is 1.69. The molecule has 0 aromatic heterocycles. The van der Waals surface area contributed by atoms with Crippen LogP contribution in [0.25, 0.3) is 0 Å². The molecule has 2 N–H and O–H groups in total. The zero-order valence-electron chi connectivity index (χ0n) is 11.2. The highest BCUT2D eigenvalue weighted by Gasteiger charge is 2.13. The first-order chi connectivity index (χ1) is 9.02. The van der Waals surface area contributed by atoms with Crippen LogP contribution in [0.15, 0.2) is 24.3 Å². The van der Waals surface area contributed by atoms with Crippen molar-refractivity contribution in [1.82, 2.24) is 5.32 Å². The molecule has 0 saturated carbocycles. The number of ether oxygens (including phenoxy) is 1. The molecule has 19 heavy (non-hydrogen) atoms. The first-order valence-electron chi connectivity index (χ1n) is 6.35. The monoisotopic (exact) mass is 269 g/mol. The van der Waals surface area contributed by atoms with E-state index in [4.69, 9.17) is 4.74 Å². The molecule has 106 valence electrons. The molecule has 1 aromatic rings. The highest BCUT2D eigenvalue weighted by Crippen LogP contribution is 2.13. The summed E-state index contributed by atoms with van der Waals surface area (Å²) in [6, 6.07) is 6.16. The van der Waals surface area contributed by atoms with Gasteiger partial charge in [-0.1, -0.05) is 12.1 Å². The molecular weight excluding hydrogens is 249 g/mol. The van der Waals surface area contributed by atoms with E-state index in [1.54, 1.807) is 19.1 Å². The first kappa shape index (κ1) is 15.6. The van der Waals surface area contributed by atoms with Crippen LogP contribution in [0.1, 0.15) is 31.9 Å². The Morgan fingerprint density at radius 1 is 1.53 bits per heavy atom. The van der Waals surface area contributed by atoms with Crippen LogP contribution in [0.2, 0.25) is 0 Å². The lowest BCUT2D eigenvalue weighted by atomic mass is 10.1. The van der Waals surface area contributed by atoms with Crippen LogP contribution in [0.3, 0.4) is 0 Å². The van der Waals surface area contributed by atoms with E-state index in [0.717, 1.165) is 5.56 Å². The molecule has 1 unspecified atom stereocenters. The number of aliphatic hydroxyl groups is 1. The largest absolute Gasteiger partial charge is 0.466 e. The molecule has 2 atom stereocenters. The van der Waals surface area contributed by atoms with Crippen molar-refractivity contribution in [2.75, 3.05) is 13.2 Å². The summed E-state index contributed by atoms with van der Waals surface area (Å²) < 4.78 is 17.8. The van der Waals surface area contributed by atoms with Crippen molar-refractivity contribution in [3.63, 3.8) is 0 Å². The molecule has 0 aliphatic carbocycles. The maximum atomic E-state index is 13.0. The molecule has 1 rings (SSSR count). The SMILES string of the molecule is CCOC(=O)CC(O)CN[C@H](C)c1cccc(F)c1. The second-order valence-corrected chi connectivity index (χ2v) is 4.35. The number of rotatable bonds is 7. The van der Waals surface area contributed by atoms with Gasteiger partial charge >= 0.3 is 5.97 Å². The summed E-state index contributed by atoms with van der Waals surface area (Å²) in [5.74, 6) is -0.714. The van der Waals surface area contributed by atoms with Gasteiger partial charge in [-0.05, 0) is 31.5 Å². The Balaban J connectivity index is 2.37. The summed E-state index contributed by atoms with van der Waals surface area (Å²) in [6.07, 6.45) is -0.855. The average molecular weight is 269 g/mol. The third-order valence-electron chi connectivity index (χ3n) is 2.72. The Kier molecular flexibility index (Phi) is 6.45. The van der Waals surface area contributed by atoms with E-state index in [0.29, 0.717) is 6.61 Å². The zero-order chi connectivity index (χ0) is 14.3. The van der Waals surface area contributed by atoms with Crippen LogP contribution < -0.4 is 5.32 Å². The van der Waals surface area contributed by atoms with Crippen LogP contribution in [0.5, 0.6) is 0 Å². The lowest BCUT2D eigenvalue weighted by molar-refractivity contribution is -0.145. The van der Waals surface area contributed by atoms with Crippen molar-refractivity contribution >= 4 is 5.97 Å². The van der Waals surface area contributed by atoms with E-state index in [1.807, 2.05) is 6.92 Å². The van der Waals surface area contributed by atoms with Crippen LogP contribution in [0.4, 0.5) is 4.39 Å². The van der Waals surface area contributed by atoms with Gasteiger partial charge in [0.05, 0.1) is 19.1 Å². The fraction of sp³-hybridized carbons (Fsp3) is 0.500. The zero-order valence-corrected chi connectivity index (χ0v) is 11.2. The maximum absolute atomic E-state index is 13.0. The Bertz CT molecular complexity index is 411. The smallest absolute Gasteiger partial charge is 0.308 e. The molecule has 0 spiro atoms. The number of halogens is 1. The Hall–Kier alpha value is -1.46. The molecule has 0 aliphatic rings. The summed E-state index contributed by atoms with van der Waals surface area (Å²) >= 11 is 0. The molecule has 0 amide bonds. The minimum atomic E-state index is -0.810. The van der Waals surface area contributed by atoms with Gasteiger partial charge in [-0.15, -0.1) is 0 Å². The molecule has 0 heterocycles. The molecule has 0 radical (unpaired) electrons. The number of nitrogens with one attached hydrogen (secondary N) is 1. The van der Waals surface area contributed by atoms with Crippen molar-refractivity contribution in [2.45, 2.75) is 32.4 Å². The normalized spacial score (nSPS) is 13.9. The lowest BCUT2D eigenvalue weighted by Crippen LogP contribution is -2.31. The van der Waals surface area contributed by atoms with Gasteiger partial charge in [0.15, 0.2) is 0 Å². The van der Waals surface area contributed by atoms with Crippen molar-refractivity contribution in [3.05, 3.63) is 35.6 Å². The Morgan fingerprint density at radius 3 is 2.89 bits per heavy atom. The van der Waals surface area contributed by atoms with Gasteiger partial charge in [-0.25, -0.2) is 4.39 Å². The van der Waals surface area contributed by atoms with Gasteiger partial charge in [0, 0.05) is 12.6 Å². The highest BCUT2D eigenvalue weighted by molar-refractivity contribution is 5.69. The predicted molar refractivity (Wildman–Crippen MR) is 70.1 cm³/mol. The molecule has 0 fully saturated rings. The number of hydrogen-bond donors (Lipinski definition) is 2. The number of esters is 1. The van der Waals surface area contributed by atoms with Crippen molar-refractivity contribution < 1.29 is 19.0 Å². The first-order valence-corrected chi connectivity index (χ1v) is 6.35. The summed E-state index contributed by atoms with van der Waals surface area (Å²) in [6.45, 7) is 4.13. The standard InChI is InChI=1S/C14H20FNO3/c1-3-19-14(18)8-13(17)9-16-10(2)11-5-4-6-12(15)7-11/h4-7,10,13,16-17H,3,8-9H2,1-2H3/t10-,13?/m1/s1. The van der Waals surface area contributed by atoms with E-state index in [-0.39, 0.29) is 24.8 Å². The lowest BCUT2D eigenvalue weighted by Gasteiger charge is -2.17. The van der Waals surface area contributed by atoms with E-state index in [1.165, 1.54) is 12.1 Å².